The Morgan fingerprint density at radius 2 is 0.662 bits per heavy atom. The van der Waals surface area contributed by atoms with Gasteiger partial charge in [0.2, 0.25) is 0 Å². The van der Waals surface area contributed by atoms with Crippen molar-refractivity contribution in [2.45, 2.75) is 315 Å². The summed E-state index contributed by atoms with van der Waals surface area (Å²) >= 11 is 0. The molecule has 0 spiro atoms. The normalized spacial score (nSPS) is 13.2. The average molecular weight is 988 g/mol. The summed E-state index contributed by atoms with van der Waals surface area (Å²) in [7, 11) is 1.50. The van der Waals surface area contributed by atoms with Crippen molar-refractivity contribution in [3.63, 3.8) is 0 Å². The second kappa shape index (κ2) is 50.9. The van der Waals surface area contributed by atoms with E-state index >= 15 is 0 Å². The molecular weight excluding hydrogens is 870 g/mol. The highest BCUT2D eigenvalue weighted by Crippen LogP contribution is 2.43. The second-order valence-electron chi connectivity index (χ2n) is 21.8. The lowest BCUT2D eigenvalue weighted by molar-refractivity contribution is -0.870. The van der Waals surface area contributed by atoms with Crippen LogP contribution in [0.4, 0.5) is 0 Å². The van der Waals surface area contributed by atoms with Crippen molar-refractivity contribution in [2.75, 3.05) is 47.5 Å². The average Bonchev–Trinajstić information content (AvgIpc) is 3.30. The van der Waals surface area contributed by atoms with Crippen LogP contribution in [0.5, 0.6) is 0 Å². The van der Waals surface area contributed by atoms with Gasteiger partial charge in [-0.2, -0.15) is 0 Å². The maximum absolute atomic E-state index is 12.8. The van der Waals surface area contributed by atoms with E-state index in [0.717, 1.165) is 38.5 Å². The zero-order valence-corrected chi connectivity index (χ0v) is 47.0. The second-order valence-corrected chi connectivity index (χ2v) is 23.2. The predicted molar refractivity (Wildman–Crippen MR) is 289 cm³/mol. The third-order valence-corrected chi connectivity index (χ3v) is 14.6. The highest BCUT2D eigenvalue weighted by Gasteiger charge is 2.27. The van der Waals surface area contributed by atoms with E-state index < -0.39 is 26.5 Å². The summed E-state index contributed by atoms with van der Waals surface area (Å²) in [4.78, 5) is 35.7. The van der Waals surface area contributed by atoms with Crippen LogP contribution < -0.4 is 0 Å². The number of carbonyl (C=O) groups is 2. The monoisotopic (exact) mass is 987 g/mol. The van der Waals surface area contributed by atoms with E-state index in [1.807, 2.05) is 21.1 Å². The number of hydrogen-bond donors (Lipinski definition) is 1. The first-order valence-corrected chi connectivity index (χ1v) is 31.3. The van der Waals surface area contributed by atoms with Crippen molar-refractivity contribution >= 4 is 19.8 Å². The van der Waals surface area contributed by atoms with Gasteiger partial charge in [0.1, 0.15) is 19.8 Å². The van der Waals surface area contributed by atoms with Crippen molar-refractivity contribution in [3.05, 3.63) is 0 Å². The van der Waals surface area contributed by atoms with Gasteiger partial charge in [0.05, 0.1) is 27.7 Å². The molecule has 406 valence electrons. The smallest absolute Gasteiger partial charge is 0.462 e. The Morgan fingerprint density at radius 3 is 0.941 bits per heavy atom. The number of hydrogen-bond acceptors (Lipinski definition) is 7. The molecule has 0 aliphatic heterocycles. The van der Waals surface area contributed by atoms with E-state index in [2.05, 4.69) is 13.8 Å². The minimum absolute atomic E-state index is 0.0375. The van der Waals surface area contributed by atoms with Crippen LogP contribution in [0.25, 0.3) is 0 Å². The number of nitrogens with zero attached hydrogens (tertiary/aromatic N) is 1. The Bertz CT molecular complexity index is 1120. The van der Waals surface area contributed by atoms with Crippen molar-refractivity contribution in [1.82, 2.24) is 0 Å². The largest absolute Gasteiger partial charge is 0.472 e. The third-order valence-electron chi connectivity index (χ3n) is 13.6. The van der Waals surface area contributed by atoms with Gasteiger partial charge in [-0.3, -0.25) is 18.6 Å². The molecule has 0 amide bonds. The van der Waals surface area contributed by atoms with E-state index in [4.69, 9.17) is 18.5 Å². The summed E-state index contributed by atoms with van der Waals surface area (Å²) in [5.74, 6) is -0.772. The van der Waals surface area contributed by atoms with Gasteiger partial charge in [-0.05, 0) is 12.8 Å². The molecule has 1 N–H and O–H groups in total. The SMILES string of the molecule is CCCCCCCCCCCCCCCCCCCCCCCCC(=O)OCC(COP(=O)(O)OCC[N+](C)(C)C)OC(=O)CCCCCCCCCCCCCCCCCCCCCCCC. The fraction of sp³-hybridized carbons (Fsp3) is 0.966. The van der Waals surface area contributed by atoms with E-state index in [0.29, 0.717) is 17.4 Å². The molecule has 0 fully saturated rings. The number of carbonyl (C=O) groups excluding carboxylic acids is 2. The predicted octanol–water partition coefficient (Wildman–Crippen LogP) is 18.3. The number of phosphoric acid groups is 1. The van der Waals surface area contributed by atoms with Gasteiger partial charge in [0, 0.05) is 12.8 Å². The highest BCUT2D eigenvalue weighted by molar-refractivity contribution is 7.47. The van der Waals surface area contributed by atoms with Gasteiger partial charge in [-0.1, -0.05) is 284 Å². The molecule has 0 aliphatic rings. The van der Waals surface area contributed by atoms with Crippen LogP contribution in [0, 0.1) is 0 Å². The standard InChI is InChI=1S/C58H116NO8P/c1-6-8-10-12-14-16-18-20-22-24-26-28-30-32-34-36-38-40-42-44-46-48-50-57(60)64-54-56(55-66-68(62,63)65-53-52-59(3,4)5)67-58(61)51-49-47-45-43-41-39-37-35-33-31-29-27-25-23-21-19-17-15-13-11-9-7-2/h56H,6-55H2,1-5H3/p+1. The van der Waals surface area contributed by atoms with Gasteiger partial charge < -0.3 is 18.9 Å². The van der Waals surface area contributed by atoms with Crippen molar-refractivity contribution in [1.29, 1.82) is 0 Å². The molecule has 0 rings (SSSR count). The Labute approximate surface area is 423 Å². The summed E-state index contributed by atoms with van der Waals surface area (Å²) in [5.41, 5.74) is 0. The molecule has 9 nitrogen and oxygen atoms in total. The zero-order chi connectivity index (χ0) is 49.9. The first-order chi connectivity index (χ1) is 33.0. The van der Waals surface area contributed by atoms with E-state index in [1.54, 1.807) is 0 Å². The summed E-state index contributed by atoms with van der Waals surface area (Å²) in [6.07, 6.45) is 57.4. The Kier molecular flexibility index (Phi) is 50.2. The molecule has 0 radical (unpaired) electrons. The van der Waals surface area contributed by atoms with E-state index in [-0.39, 0.29) is 25.6 Å². The van der Waals surface area contributed by atoms with Crippen LogP contribution in [-0.2, 0) is 32.7 Å². The Morgan fingerprint density at radius 1 is 0.397 bits per heavy atom. The van der Waals surface area contributed by atoms with Crippen LogP contribution in [0.15, 0.2) is 0 Å². The van der Waals surface area contributed by atoms with Gasteiger partial charge in [-0.15, -0.1) is 0 Å². The van der Waals surface area contributed by atoms with Gasteiger partial charge in [0.25, 0.3) is 0 Å². The number of ether oxygens (including phenoxy) is 2. The molecular formula is C58H117NO8P+. The molecule has 0 aromatic carbocycles. The molecule has 0 aliphatic carbocycles. The number of rotatable bonds is 56. The summed E-state index contributed by atoms with van der Waals surface area (Å²) in [5, 5.41) is 0. The Balaban J connectivity index is 4.09. The molecule has 2 atom stereocenters. The molecule has 0 heterocycles. The maximum atomic E-state index is 12.8. The minimum Gasteiger partial charge on any atom is -0.462 e. The summed E-state index contributed by atoms with van der Waals surface area (Å²) in [6, 6.07) is 0. The molecule has 10 heteroatoms. The minimum atomic E-state index is -4.38. The Hall–Kier alpha value is -0.990. The highest BCUT2D eigenvalue weighted by atomic mass is 31.2. The van der Waals surface area contributed by atoms with E-state index in [9.17, 15) is 19.0 Å². The fourth-order valence-corrected chi connectivity index (χ4v) is 9.76. The van der Waals surface area contributed by atoms with Crippen LogP contribution in [0.2, 0.25) is 0 Å². The third kappa shape index (κ3) is 54.3. The molecule has 0 saturated carbocycles. The number of likely N-dealkylation sites (N-methyl/N-ethyl adjacent to an activating group) is 1. The number of quaternary nitrogens is 1. The molecule has 0 saturated heterocycles. The van der Waals surface area contributed by atoms with Crippen molar-refractivity contribution < 1.29 is 42.1 Å². The number of phosphoric ester groups is 1. The molecule has 2 unspecified atom stereocenters. The fourth-order valence-electron chi connectivity index (χ4n) is 9.02. The lowest BCUT2D eigenvalue weighted by Gasteiger charge is -2.24. The van der Waals surface area contributed by atoms with Gasteiger partial charge >= 0.3 is 19.8 Å². The molecule has 0 aromatic rings. The zero-order valence-electron chi connectivity index (χ0n) is 46.1. The molecule has 0 bridgehead atoms. The quantitative estimate of drug-likeness (QED) is 0.0278. The number of esters is 2. The summed E-state index contributed by atoms with van der Waals surface area (Å²) in [6.45, 7) is 4.51. The maximum Gasteiger partial charge on any atom is 0.472 e. The van der Waals surface area contributed by atoms with E-state index in [1.165, 1.54) is 244 Å². The summed E-state index contributed by atoms with van der Waals surface area (Å²) < 4.78 is 34.6. The van der Waals surface area contributed by atoms with Gasteiger partial charge in [-0.25, -0.2) is 4.57 Å². The number of unbranched alkanes of at least 4 members (excludes halogenated alkanes) is 42. The van der Waals surface area contributed by atoms with Crippen LogP contribution >= 0.6 is 7.82 Å². The van der Waals surface area contributed by atoms with Crippen LogP contribution in [-0.4, -0.2) is 74.9 Å². The van der Waals surface area contributed by atoms with Crippen LogP contribution in [0.3, 0.4) is 0 Å². The van der Waals surface area contributed by atoms with Crippen LogP contribution in [0.1, 0.15) is 309 Å². The van der Waals surface area contributed by atoms with Gasteiger partial charge in [0.15, 0.2) is 6.10 Å². The lowest BCUT2D eigenvalue weighted by Crippen LogP contribution is -2.37. The first kappa shape index (κ1) is 67.0. The molecule has 0 aromatic heterocycles. The van der Waals surface area contributed by atoms with Crippen molar-refractivity contribution in [3.8, 4) is 0 Å². The first-order valence-electron chi connectivity index (χ1n) is 29.8. The lowest BCUT2D eigenvalue weighted by atomic mass is 10.0. The molecule has 68 heavy (non-hydrogen) atoms. The van der Waals surface area contributed by atoms with Crippen molar-refractivity contribution in [2.24, 2.45) is 0 Å². The topological polar surface area (TPSA) is 108 Å².